The number of hydrogen-bond donors (Lipinski definition) is 2. The zero-order valence-corrected chi connectivity index (χ0v) is 17.5. The summed E-state index contributed by atoms with van der Waals surface area (Å²) in [6.07, 6.45) is 1.11. The van der Waals surface area contributed by atoms with Crippen LogP contribution < -0.4 is 10.6 Å². The van der Waals surface area contributed by atoms with Crippen molar-refractivity contribution in [3.63, 3.8) is 0 Å². The highest BCUT2D eigenvalue weighted by atomic mass is 16.2. The van der Waals surface area contributed by atoms with E-state index in [1.54, 1.807) is 19.1 Å². The molecule has 2 rings (SSSR count). The fourth-order valence-corrected chi connectivity index (χ4v) is 3.53. The summed E-state index contributed by atoms with van der Waals surface area (Å²) in [6.45, 7) is 7.14. The maximum atomic E-state index is 13.2. The van der Waals surface area contributed by atoms with Gasteiger partial charge in [-0.15, -0.1) is 0 Å². The zero-order chi connectivity index (χ0) is 21.6. The smallest absolute Gasteiger partial charge is 0.325 e. The van der Waals surface area contributed by atoms with Crippen molar-refractivity contribution in [1.29, 1.82) is 0 Å². The fourth-order valence-electron chi connectivity index (χ4n) is 3.53. The third-order valence-corrected chi connectivity index (χ3v) is 4.88. The van der Waals surface area contributed by atoms with Gasteiger partial charge >= 0.3 is 6.03 Å². The first-order valence-electron chi connectivity index (χ1n) is 10.0. The van der Waals surface area contributed by atoms with Crippen LogP contribution in [-0.2, 0) is 19.9 Å². The molecule has 1 aliphatic rings. The Bertz CT molecular complexity index is 765. The number of imide groups is 1. The molecule has 5 amide bonds. The van der Waals surface area contributed by atoms with Gasteiger partial charge in [0.1, 0.15) is 12.1 Å². The number of urea groups is 1. The van der Waals surface area contributed by atoms with Crippen molar-refractivity contribution in [2.24, 2.45) is 0 Å². The summed E-state index contributed by atoms with van der Waals surface area (Å²) in [4.78, 5) is 52.8. The minimum absolute atomic E-state index is 0.0391. The van der Waals surface area contributed by atoms with Crippen molar-refractivity contribution in [1.82, 2.24) is 20.4 Å². The number of nitrogens with one attached hydrogen (secondary N) is 2. The quantitative estimate of drug-likeness (QED) is 0.613. The van der Waals surface area contributed by atoms with Gasteiger partial charge in [-0.3, -0.25) is 19.3 Å². The number of carbonyl (C=O) groups excluding carboxylic acids is 4. The molecule has 8 nitrogen and oxygen atoms in total. The molecule has 0 aromatic heterocycles. The molecule has 158 valence electrons. The van der Waals surface area contributed by atoms with Gasteiger partial charge in [-0.05, 0) is 32.8 Å². The second kappa shape index (κ2) is 9.54. The van der Waals surface area contributed by atoms with E-state index in [0.29, 0.717) is 24.9 Å². The van der Waals surface area contributed by atoms with Crippen molar-refractivity contribution in [2.75, 3.05) is 19.6 Å². The summed E-state index contributed by atoms with van der Waals surface area (Å²) in [5.74, 6) is -1.17. The molecule has 1 atom stereocenters. The fraction of sp³-hybridized carbons (Fsp3) is 0.524. The normalized spacial score (nSPS) is 18.7. The Hall–Kier alpha value is -2.90. The van der Waals surface area contributed by atoms with Crippen LogP contribution in [0.3, 0.4) is 0 Å². The molecule has 0 bridgehead atoms. The predicted molar refractivity (Wildman–Crippen MR) is 109 cm³/mol. The van der Waals surface area contributed by atoms with E-state index in [-0.39, 0.29) is 18.5 Å². The van der Waals surface area contributed by atoms with Gasteiger partial charge in [0.05, 0.1) is 6.54 Å². The van der Waals surface area contributed by atoms with Crippen LogP contribution in [0.5, 0.6) is 0 Å². The lowest BCUT2D eigenvalue weighted by Crippen LogP contribution is -2.48. The molecule has 2 N–H and O–H groups in total. The number of hydrogen-bond acceptors (Lipinski definition) is 4. The minimum Gasteiger partial charge on any atom is -0.352 e. The lowest BCUT2D eigenvalue weighted by Gasteiger charge is -2.27. The van der Waals surface area contributed by atoms with Crippen molar-refractivity contribution in [2.45, 2.75) is 52.1 Å². The van der Waals surface area contributed by atoms with Crippen molar-refractivity contribution < 1.29 is 19.2 Å². The number of amides is 5. The van der Waals surface area contributed by atoms with Crippen LogP contribution in [0, 0.1) is 0 Å². The summed E-state index contributed by atoms with van der Waals surface area (Å²) >= 11 is 0. The maximum absolute atomic E-state index is 13.2. The first-order chi connectivity index (χ1) is 13.7. The third-order valence-electron chi connectivity index (χ3n) is 4.88. The number of carbonyl (C=O) groups is 4. The second-order valence-electron chi connectivity index (χ2n) is 7.47. The molecule has 1 aromatic carbocycles. The highest BCUT2D eigenvalue weighted by Crippen LogP contribution is 2.33. The monoisotopic (exact) mass is 402 g/mol. The zero-order valence-electron chi connectivity index (χ0n) is 17.5. The van der Waals surface area contributed by atoms with Crippen molar-refractivity contribution in [3.8, 4) is 0 Å². The van der Waals surface area contributed by atoms with Crippen molar-refractivity contribution >= 4 is 23.8 Å². The van der Waals surface area contributed by atoms with Crippen LogP contribution in [0.25, 0.3) is 0 Å². The van der Waals surface area contributed by atoms with E-state index in [9.17, 15) is 19.2 Å². The van der Waals surface area contributed by atoms with Gasteiger partial charge in [0.25, 0.3) is 5.91 Å². The minimum atomic E-state index is -1.17. The van der Waals surface area contributed by atoms with E-state index in [4.69, 9.17) is 0 Å². The summed E-state index contributed by atoms with van der Waals surface area (Å²) in [5.41, 5.74) is -0.474. The number of benzene rings is 1. The van der Waals surface area contributed by atoms with Gasteiger partial charge in [0, 0.05) is 12.6 Å². The molecule has 1 aromatic rings. The third kappa shape index (κ3) is 4.93. The predicted octanol–water partition coefficient (Wildman–Crippen LogP) is 1.61. The van der Waals surface area contributed by atoms with Crippen LogP contribution in [0.2, 0.25) is 0 Å². The van der Waals surface area contributed by atoms with Crippen LogP contribution in [0.15, 0.2) is 30.3 Å². The van der Waals surface area contributed by atoms with Crippen LogP contribution >= 0.6 is 0 Å². The molecule has 0 radical (unpaired) electrons. The van der Waals surface area contributed by atoms with Gasteiger partial charge in [0.15, 0.2) is 0 Å². The Kier molecular flexibility index (Phi) is 7.36. The highest BCUT2D eigenvalue weighted by Gasteiger charge is 2.52. The molecule has 1 fully saturated rings. The molecule has 8 heteroatoms. The Labute approximate surface area is 171 Å². The van der Waals surface area contributed by atoms with Gasteiger partial charge < -0.3 is 15.5 Å². The lowest BCUT2D eigenvalue weighted by molar-refractivity contribution is -0.140. The molecule has 1 saturated heterocycles. The molecular weight excluding hydrogens is 372 g/mol. The van der Waals surface area contributed by atoms with E-state index < -0.39 is 29.9 Å². The topological polar surface area (TPSA) is 98.8 Å². The van der Waals surface area contributed by atoms with Crippen LogP contribution in [-0.4, -0.2) is 59.2 Å². The number of rotatable bonds is 9. The number of likely N-dealkylation sites (N-methyl/N-ethyl adjacent to an activating group) is 1. The van der Waals surface area contributed by atoms with Crippen LogP contribution in [0.4, 0.5) is 4.79 Å². The van der Waals surface area contributed by atoms with E-state index in [0.717, 1.165) is 4.90 Å². The molecule has 0 aliphatic carbocycles. The Balaban J connectivity index is 2.18. The Morgan fingerprint density at radius 2 is 1.83 bits per heavy atom. The largest absolute Gasteiger partial charge is 0.352 e. The van der Waals surface area contributed by atoms with Gasteiger partial charge in [-0.2, -0.15) is 0 Å². The molecular formula is C21H30N4O4. The highest BCUT2D eigenvalue weighted by molar-refractivity contribution is 6.09. The summed E-state index contributed by atoms with van der Waals surface area (Å²) in [5, 5.41) is 5.53. The van der Waals surface area contributed by atoms with Gasteiger partial charge in [-0.25, -0.2) is 4.79 Å². The second-order valence-corrected chi connectivity index (χ2v) is 7.47. The van der Waals surface area contributed by atoms with E-state index in [1.807, 2.05) is 39.0 Å². The van der Waals surface area contributed by atoms with E-state index in [1.165, 1.54) is 4.90 Å². The van der Waals surface area contributed by atoms with Gasteiger partial charge in [-0.1, -0.05) is 43.7 Å². The Morgan fingerprint density at radius 1 is 1.17 bits per heavy atom. The van der Waals surface area contributed by atoms with Crippen molar-refractivity contribution in [3.05, 3.63) is 35.9 Å². The average Bonchev–Trinajstić information content (AvgIpc) is 2.91. The first-order valence-corrected chi connectivity index (χ1v) is 10.0. The Morgan fingerprint density at radius 3 is 2.38 bits per heavy atom. The standard InChI is InChI=1S/C21H30N4O4/c1-5-12-21(16-10-8-7-9-11-16)19(28)25(20(29)23-21)14-18(27)24(6-2)13-17(26)22-15(3)4/h7-11,15H,5-6,12-14H2,1-4H3,(H,22,26)(H,23,29). The molecule has 1 heterocycles. The molecule has 0 saturated carbocycles. The summed E-state index contributed by atoms with van der Waals surface area (Å²) < 4.78 is 0. The summed E-state index contributed by atoms with van der Waals surface area (Å²) in [7, 11) is 0. The number of nitrogens with zero attached hydrogens (tertiary/aromatic N) is 2. The van der Waals surface area contributed by atoms with E-state index >= 15 is 0 Å². The van der Waals surface area contributed by atoms with Crippen LogP contribution in [0.1, 0.15) is 46.1 Å². The first kappa shape index (κ1) is 22.4. The molecule has 0 spiro atoms. The lowest BCUT2D eigenvalue weighted by atomic mass is 9.85. The maximum Gasteiger partial charge on any atom is 0.325 e. The van der Waals surface area contributed by atoms with E-state index in [2.05, 4.69) is 10.6 Å². The molecule has 29 heavy (non-hydrogen) atoms. The van der Waals surface area contributed by atoms with Gasteiger partial charge in [0.2, 0.25) is 11.8 Å². The molecule has 1 aliphatic heterocycles. The molecule has 1 unspecified atom stereocenters. The average molecular weight is 402 g/mol. The SMILES string of the molecule is CCCC1(c2ccccc2)NC(=O)N(CC(=O)N(CC)CC(=O)NC(C)C)C1=O. The summed E-state index contributed by atoms with van der Waals surface area (Å²) in [6, 6.07) is 8.43.